The maximum Gasteiger partial charge on any atom is 0.127 e. The highest BCUT2D eigenvalue weighted by Crippen LogP contribution is 2.36. The Kier molecular flexibility index (Phi) is 5.12. The number of hydrogen-bond acceptors (Lipinski definition) is 5. The van der Waals surface area contributed by atoms with Crippen LogP contribution in [0.3, 0.4) is 0 Å². The van der Waals surface area contributed by atoms with E-state index >= 15 is 0 Å². The van der Waals surface area contributed by atoms with Crippen LogP contribution < -0.4 is 9.84 Å². The second kappa shape index (κ2) is 7.69. The number of carboxylic acid groups (broad SMARTS) is 1. The first-order valence-electron chi connectivity index (χ1n) is 9.43. The Hall–Kier alpha value is -2.40. The summed E-state index contributed by atoms with van der Waals surface area (Å²) in [4.78, 5) is 15.7. The topological polar surface area (TPSA) is 62.2 Å². The zero-order valence-corrected chi connectivity index (χ0v) is 16.1. The molecule has 1 fully saturated rings. The Morgan fingerprint density at radius 3 is 2.85 bits per heavy atom. The van der Waals surface area contributed by atoms with Gasteiger partial charge in [0.1, 0.15) is 5.75 Å². The van der Waals surface area contributed by atoms with Crippen molar-refractivity contribution in [1.82, 2.24) is 4.98 Å². The number of fused-ring (bicyclic) bond motifs is 1. The molecule has 0 amide bonds. The number of aliphatic carboxylic acids is 1. The number of carboxylic acids is 1. The minimum absolute atomic E-state index is 0.614. The predicted octanol–water partition coefficient (Wildman–Crippen LogP) is 4.39. The largest absolute Gasteiger partial charge is 0.550 e. The lowest BCUT2D eigenvalue weighted by molar-refractivity contribution is -0.307. The Morgan fingerprint density at radius 1 is 1.26 bits per heavy atom. The van der Waals surface area contributed by atoms with Crippen LogP contribution >= 0.6 is 11.3 Å². The third-order valence-electron chi connectivity index (χ3n) is 5.45. The molecule has 140 valence electrons. The van der Waals surface area contributed by atoms with Gasteiger partial charge in [-0.2, -0.15) is 0 Å². The van der Waals surface area contributed by atoms with E-state index in [-0.39, 0.29) is 0 Å². The number of nitrogens with zero attached hydrogens (tertiary/aromatic N) is 1. The number of benzene rings is 2. The summed E-state index contributed by atoms with van der Waals surface area (Å²) in [5, 5.41) is 11.3. The fourth-order valence-corrected chi connectivity index (χ4v) is 4.43. The highest BCUT2D eigenvalue weighted by atomic mass is 32.1. The second-order valence-corrected chi connectivity index (χ2v) is 8.18. The quantitative estimate of drug-likeness (QED) is 0.636. The summed E-state index contributed by atoms with van der Waals surface area (Å²) in [5.74, 6) is -0.318. The molecule has 1 aromatic heterocycles. The summed E-state index contributed by atoms with van der Waals surface area (Å²) in [7, 11) is 0. The van der Waals surface area contributed by atoms with E-state index in [1.807, 2.05) is 35.8 Å². The smallest absolute Gasteiger partial charge is 0.127 e. The van der Waals surface area contributed by atoms with Gasteiger partial charge in [0.2, 0.25) is 0 Å². The molecule has 3 aromatic rings. The predicted molar refractivity (Wildman–Crippen MR) is 106 cm³/mol. The molecular formula is C22H22NO3S-. The van der Waals surface area contributed by atoms with Crippen molar-refractivity contribution in [3.05, 3.63) is 47.5 Å². The molecule has 0 aliphatic heterocycles. The molecule has 0 spiro atoms. The van der Waals surface area contributed by atoms with E-state index in [0.29, 0.717) is 12.5 Å². The van der Waals surface area contributed by atoms with Crippen molar-refractivity contribution in [2.75, 3.05) is 6.61 Å². The highest BCUT2D eigenvalue weighted by molar-refractivity contribution is 7.16. The van der Waals surface area contributed by atoms with Crippen molar-refractivity contribution in [2.24, 2.45) is 5.92 Å². The molecule has 0 saturated heterocycles. The highest BCUT2D eigenvalue weighted by Gasteiger charge is 2.18. The number of ether oxygens (including phenoxy) is 1. The molecule has 27 heavy (non-hydrogen) atoms. The molecular weight excluding hydrogens is 358 g/mol. The molecule has 1 saturated carbocycles. The lowest BCUT2D eigenvalue weighted by atomic mass is 9.95. The molecule has 4 nitrogen and oxygen atoms in total. The summed E-state index contributed by atoms with van der Waals surface area (Å²) >= 11 is 1.60. The van der Waals surface area contributed by atoms with E-state index in [2.05, 4.69) is 11.1 Å². The average molecular weight is 380 g/mol. The lowest BCUT2D eigenvalue weighted by Gasteiger charge is -2.19. The van der Waals surface area contributed by atoms with E-state index in [0.717, 1.165) is 32.7 Å². The standard InChI is InChI=1S/C22H23NO3S/c1-14(22(24)25)16-7-9-20(26-12-15-4-2-3-5-15)18(10-16)17-6-8-19-21(11-17)27-13-23-19/h6-11,13-15H,2-5,12H2,1H3,(H,24,25)/p-1. The maximum atomic E-state index is 11.3. The van der Waals surface area contributed by atoms with Crippen LogP contribution in [0.4, 0.5) is 0 Å². The van der Waals surface area contributed by atoms with Crippen molar-refractivity contribution in [3.63, 3.8) is 0 Å². The van der Waals surface area contributed by atoms with Gasteiger partial charge in [0.15, 0.2) is 0 Å². The number of carbonyl (C=O) groups is 1. The molecule has 2 aromatic carbocycles. The third-order valence-corrected chi connectivity index (χ3v) is 6.24. The lowest BCUT2D eigenvalue weighted by Crippen LogP contribution is -2.28. The van der Waals surface area contributed by atoms with Crippen molar-refractivity contribution in [3.8, 4) is 16.9 Å². The number of carbonyl (C=O) groups excluding carboxylic acids is 1. The zero-order chi connectivity index (χ0) is 18.8. The van der Waals surface area contributed by atoms with Crippen LogP contribution in [-0.4, -0.2) is 17.6 Å². The van der Waals surface area contributed by atoms with E-state index in [1.165, 1.54) is 25.7 Å². The van der Waals surface area contributed by atoms with Gasteiger partial charge in [-0.1, -0.05) is 31.9 Å². The fourth-order valence-electron chi connectivity index (χ4n) is 3.71. The summed E-state index contributed by atoms with van der Waals surface area (Å²) in [5.41, 5.74) is 5.47. The molecule has 0 N–H and O–H groups in total. The van der Waals surface area contributed by atoms with E-state index < -0.39 is 11.9 Å². The molecule has 0 radical (unpaired) electrons. The minimum Gasteiger partial charge on any atom is -0.550 e. The van der Waals surface area contributed by atoms with Gasteiger partial charge in [0, 0.05) is 17.5 Å². The first kappa shape index (κ1) is 18.0. The van der Waals surface area contributed by atoms with Crippen molar-refractivity contribution >= 4 is 27.5 Å². The normalized spacial score (nSPS) is 15.9. The summed E-state index contributed by atoms with van der Waals surface area (Å²) in [6, 6.07) is 11.8. The monoisotopic (exact) mass is 380 g/mol. The van der Waals surface area contributed by atoms with E-state index in [4.69, 9.17) is 4.74 Å². The van der Waals surface area contributed by atoms with Gasteiger partial charge in [-0.3, -0.25) is 0 Å². The van der Waals surface area contributed by atoms with Crippen LogP contribution in [0.1, 0.15) is 44.1 Å². The number of hydrogen-bond donors (Lipinski definition) is 0. The van der Waals surface area contributed by atoms with Gasteiger partial charge >= 0.3 is 0 Å². The first-order valence-corrected chi connectivity index (χ1v) is 10.3. The van der Waals surface area contributed by atoms with Gasteiger partial charge in [-0.05, 0) is 54.2 Å². The number of aromatic nitrogens is 1. The second-order valence-electron chi connectivity index (χ2n) is 7.29. The third kappa shape index (κ3) is 3.83. The minimum atomic E-state index is -1.07. The molecule has 1 unspecified atom stereocenters. The van der Waals surface area contributed by atoms with Crippen LogP contribution in [0.2, 0.25) is 0 Å². The van der Waals surface area contributed by atoms with Gasteiger partial charge in [-0.25, -0.2) is 4.98 Å². The van der Waals surface area contributed by atoms with E-state index in [9.17, 15) is 9.90 Å². The maximum absolute atomic E-state index is 11.3. The van der Waals surface area contributed by atoms with Crippen LogP contribution in [0, 0.1) is 5.92 Å². The van der Waals surface area contributed by atoms with Crippen molar-refractivity contribution in [1.29, 1.82) is 0 Å². The number of thiazole rings is 1. The van der Waals surface area contributed by atoms with Crippen LogP contribution in [-0.2, 0) is 4.79 Å². The SMILES string of the molecule is CC(C(=O)[O-])c1ccc(OCC2CCCC2)c(-c2ccc3ncsc3c2)c1. The average Bonchev–Trinajstić information content (AvgIpc) is 3.36. The summed E-state index contributed by atoms with van der Waals surface area (Å²) in [6.07, 6.45) is 5.01. The molecule has 1 heterocycles. The van der Waals surface area contributed by atoms with Crippen LogP contribution in [0.15, 0.2) is 41.9 Å². The Morgan fingerprint density at radius 2 is 2.07 bits per heavy atom. The number of rotatable bonds is 6. The van der Waals surface area contributed by atoms with Gasteiger partial charge in [0.05, 0.1) is 22.3 Å². The zero-order valence-electron chi connectivity index (χ0n) is 15.3. The molecule has 1 aliphatic carbocycles. The summed E-state index contributed by atoms with van der Waals surface area (Å²) < 4.78 is 7.29. The van der Waals surface area contributed by atoms with E-state index in [1.54, 1.807) is 18.3 Å². The van der Waals surface area contributed by atoms with Crippen LogP contribution in [0.25, 0.3) is 21.3 Å². The fraction of sp³-hybridized carbons (Fsp3) is 0.364. The van der Waals surface area contributed by atoms with Crippen LogP contribution in [0.5, 0.6) is 5.75 Å². The first-order chi connectivity index (χ1) is 13.1. The molecule has 0 bridgehead atoms. The van der Waals surface area contributed by atoms with Gasteiger partial charge < -0.3 is 14.6 Å². The molecule has 4 rings (SSSR count). The Balaban J connectivity index is 1.71. The van der Waals surface area contributed by atoms with Crippen molar-refractivity contribution in [2.45, 2.75) is 38.5 Å². The Bertz CT molecular complexity index is 959. The molecule has 1 atom stereocenters. The Labute approximate surface area is 162 Å². The molecule has 1 aliphatic rings. The van der Waals surface area contributed by atoms with Crippen molar-refractivity contribution < 1.29 is 14.6 Å². The molecule has 5 heteroatoms. The summed E-state index contributed by atoms with van der Waals surface area (Å²) in [6.45, 7) is 2.37. The van der Waals surface area contributed by atoms with Gasteiger partial charge in [0.25, 0.3) is 0 Å². The van der Waals surface area contributed by atoms with Gasteiger partial charge in [-0.15, -0.1) is 11.3 Å².